The molecule has 2 aromatic rings. The maximum atomic E-state index is 12.1. The lowest BCUT2D eigenvalue weighted by atomic mass is 10.2. The van der Waals surface area contributed by atoms with Crippen molar-refractivity contribution in [3.05, 3.63) is 63.8 Å². The zero-order valence-electron chi connectivity index (χ0n) is 10.9. The molecular weight excluding hydrogens is 242 g/mol. The molecule has 2 heterocycles. The van der Waals surface area contributed by atoms with Crippen LogP contribution in [0.4, 0.5) is 0 Å². The second kappa shape index (κ2) is 5.48. The molecule has 0 bridgehead atoms. The minimum absolute atomic E-state index is 0.137. The van der Waals surface area contributed by atoms with Crippen LogP contribution in [0.5, 0.6) is 0 Å². The van der Waals surface area contributed by atoms with E-state index in [9.17, 15) is 9.59 Å². The van der Waals surface area contributed by atoms with Crippen molar-refractivity contribution in [1.82, 2.24) is 14.9 Å². The number of hydrogen-bond acceptors (Lipinski definition) is 3. The zero-order valence-corrected chi connectivity index (χ0v) is 10.9. The van der Waals surface area contributed by atoms with Crippen LogP contribution in [0.25, 0.3) is 0 Å². The molecule has 19 heavy (non-hydrogen) atoms. The van der Waals surface area contributed by atoms with Crippen molar-refractivity contribution >= 4 is 5.91 Å². The van der Waals surface area contributed by atoms with E-state index < -0.39 is 0 Å². The molecule has 0 atom stereocenters. The van der Waals surface area contributed by atoms with Crippen molar-refractivity contribution in [2.24, 2.45) is 0 Å². The first-order valence-corrected chi connectivity index (χ1v) is 5.93. The van der Waals surface area contributed by atoms with Crippen LogP contribution < -0.4 is 5.43 Å². The van der Waals surface area contributed by atoms with Crippen molar-refractivity contribution in [2.75, 3.05) is 7.05 Å². The molecule has 0 aliphatic heterocycles. The predicted octanol–water partition coefficient (Wildman–Crippen LogP) is 1.35. The van der Waals surface area contributed by atoms with Gasteiger partial charge in [-0.25, -0.2) is 0 Å². The number of hydrogen-bond donors (Lipinski definition) is 1. The fourth-order valence-electron chi connectivity index (χ4n) is 1.79. The van der Waals surface area contributed by atoms with Crippen LogP contribution in [0.15, 0.2) is 41.5 Å². The van der Waals surface area contributed by atoms with E-state index in [1.807, 2.05) is 25.1 Å². The first-order chi connectivity index (χ1) is 9.08. The Labute approximate surface area is 110 Å². The molecule has 0 saturated heterocycles. The number of rotatable bonds is 3. The quantitative estimate of drug-likeness (QED) is 0.902. The van der Waals surface area contributed by atoms with Gasteiger partial charge in [0.25, 0.3) is 5.91 Å². The topological polar surface area (TPSA) is 66.1 Å². The van der Waals surface area contributed by atoms with Crippen molar-refractivity contribution < 1.29 is 4.79 Å². The molecule has 2 aromatic heterocycles. The summed E-state index contributed by atoms with van der Waals surface area (Å²) in [5.74, 6) is -0.315. The smallest absolute Gasteiger partial charge is 0.259 e. The Balaban J connectivity index is 2.17. The Bertz CT molecular complexity index is 649. The number of aryl methyl sites for hydroxylation is 1. The summed E-state index contributed by atoms with van der Waals surface area (Å²) in [5, 5.41) is 0. The Morgan fingerprint density at radius 3 is 2.84 bits per heavy atom. The first-order valence-electron chi connectivity index (χ1n) is 5.93. The summed E-state index contributed by atoms with van der Waals surface area (Å²) >= 11 is 0. The van der Waals surface area contributed by atoms with Gasteiger partial charge in [-0.05, 0) is 19.1 Å². The van der Waals surface area contributed by atoms with Crippen LogP contribution in [0.2, 0.25) is 0 Å². The lowest BCUT2D eigenvalue weighted by Gasteiger charge is -2.16. The Morgan fingerprint density at radius 1 is 1.37 bits per heavy atom. The van der Waals surface area contributed by atoms with Gasteiger partial charge < -0.3 is 9.88 Å². The Morgan fingerprint density at radius 2 is 2.16 bits per heavy atom. The van der Waals surface area contributed by atoms with Gasteiger partial charge in [-0.15, -0.1) is 0 Å². The molecule has 0 fully saturated rings. The van der Waals surface area contributed by atoms with E-state index in [2.05, 4.69) is 9.97 Å². The highest BCUT2D eigenvalue weighted by Gasteiger charge is 2.15. The molecule has 0 spiro atoms. The van der Waals surface area contributed by atoms with E-state index in [-0.39, 0.29) is 16.9 Å². The van der Waals surface area contributed by atoms with Crippen LogP contribution in [-0.4, -0.2) is 27.8 Å². The average molecular weight is 257 g/mol. The minimum atomic E-state index is -0.315. The molecule has 5 heteroatoms. The van der Waals surface area contributed by atoms with Gasteiger partial charge in [0.1, 0.15) is 5.56 Å². The molecule has 1 amide bonds. The van der Waals surface area contributed by atoms with Gasteiger partial charge in [0.15, 0.2) is 5.43 Å². The van der Waals surface area contributed by atoms with E-state index in [4.69, 9.17) is 0 Å². The third-order valence-electron chi connectivity index (χ3n) is 2.75. The van der Waals surface area contributed by atoms with Crippen LogP contribution in [0.1, 0.15) is 21.7 Å². The largest absolute Gasteiger partial charge is 0.367 e. The van der Waals surface area contributed by atoms with Gasteiger partial charge in [-0.3, -0.25) is 14.6 Å². The average Bonchev–Trinajstić information content (AvgIpc) is 2.38. The monoisotopic (exact) mass is 257 g/mol. The molecule has 0 aliphatic rings. The molecule has 2 rings (SSSR count). The lowest BCUT2D eigenvalue weighted by molar-refractivity contribution is 0.0781. The maximum Gasteiger partial charge on any atom is 0.259 e. The molecule has 5 nitrogen and oxygen atoms in total. The SMILES string of the molecule is Cc1cccc(CN(C)C(=O)c2c[nH]ccc2=O)n1. The lowest BCUT2D eigenvalue weighted by Crippen LogP contribution is -2.30. The normalized spacial score (nSPS) is 10.2. The summed E-state index contributed by atoms with van der Waals surface area (Å²) in [6.45, 7) is 2.27. The highest BCUT2D eigenvalue weighted by molar-refractivity contribution is 5.93. The summed E-state index contributed by atoms with van der Waals surface area (Å²) in [6.07, 6.45) is 2.92. The molecule has 0 aromatic carbocycles. The second-order valence-electron chi connectivity index (χ2n) is 4.35. The fourth-order valence-corrected chi connectivity index (χ4v) is 1.79. The third kappa shape index (κ3) is 3.07. The summed E-state index contributed by atoms with van der Waals surface area (Å²) < 4.78 is 0. The molecule has 98 valence electrons. The van der Waals surface area contributed by atoms with Gasteiger partial charge in [0.2, 0.25) is 0 Å². The number of carbonyl (C=O) groups excluding carboxylic acids is 1. The van der Waals surface area contributed by atoms with Gasteiger partial charge >= 0.3 is 0 Å². The highest BCUT2D eigenvalue weighted by Crippen LogP contribution is 2.04. The van der Waals surface area contributed by atoms with Gasteiger partial charge in [-0.1, -0.05) is 6.07 Å². The van der Waals surface area contributed by atoms with E-state index in [1.165, 1.54) is 23.4 Å². The fraction of sp³-hybridized carbons (Fsp3) is 0.214. The van der Waals surface area contributed by atoms with Gasteiger partial charge in [0.05, 0.1) is 12.2 Å². The maximum absolute atomic E-state index is 12.1. The minimum Gasteiger partial charge on any atom is -0.367 e. The zero-order chi connectivity index (χ0) is 13.8. The van der Waals surface area contributed by atoms with E-state index in [1.54, 1.807) is 7.05 Å². The molecule has 1 N–H and O–H groups in total. The molecule has 0 radical (unpaired) electrons. The summed E-state index contributed by atoms with van der Waals surface area (Å²) in [6, 6.07) is 6.98. The van der Waals surface area contributed by atoms with E-state index in [0.717, 1.165) is 11.4 Å². The van der Waals surface area contributed by atoms with E-state index >= 15 is 0 Å². The van der Waals surface area contributed by atoms with Crippen LogP contribution in [0, 0.1) is 6.92 Å². The molecule has 0 aliphatic carbocycles. The molecule has 0 saturated carbocycles. The first kappa shape index (κ1) is 13.0. The number of nitrogens with zero attached hydrogens (tertiary/aromatic N) is 2. The molecular formula is C14H15N3O2. The second-order valence-corrected chi connectivity index (χ2v) is 4.35. The van der Waals surface area contributed by atoms with E-state index in [0.29, 0.717) is 6.54 Å². The summed E-state index contributed by atoms with van der Waals surface area (Å²) in [4.78, 5) is 32.3. The Kier molecular flexibility index (Phi) is 3.75. The van der Waals surface area contributed by atoms with Gasteiger partial charge in [-0.2, -0.15) is 0 Å². The van der Waals surface area contributed by atoms with Crippen LogP contribution in [-0.2, 0) is 6.54 Å². The standard InChI is InChI=1S/C14H15N3O2/c1-10-4-3-5-11(16-10)9-17(2)14(19)12-8-15-7-6-13(12)18/h3-8H,9H2,1-2H3,(H,15,18). The summed E-state index contributed by atoms with van der Waals surface area (Å²) in [7, 11) is 1.65. The van der Waals surface area contributed by atoms with Crippen molar-refractivity contribution in [3.8, 4) is 0 Å². The third-order valence-corrected chi connectivity index (χ3v) is 2.75. The predicted molar refractivity (Wildman–Crippen MR) is 71.8 cm³/mol. The number of nitrogens with one attached hydrogen (secondary N) is 1. The number of aromatic nitrogens is 2. The number of amides is 1. The summed E-state index contributed by atoms with van der Waals surface area (Å²) in [5.41, 5.74) is 1.55. The molecule has 0 unspecified atom stereocenters. The van der Waals surface area contributed by atoms with Crippen molar-refractivity contribution in [2.45, 2.75) is 13.5 Å². The van der Waals surface area contributed by atoms with Gasteiger partial charge in [0, 0.05) is 31.2 Å². The van der Waals surface area contributed by atoms with Crippen molar-refractivity contribution in [1.29, 1.82) is 0 Å². The highest BCUT2D eigenvalue weighted by atomic mass is 16.2. The van der Waals surface area contributed by atoms with Crippen LogP contribution >= 0.6 is 0 Å². The number of H-pyrrole nitrogens is 1. The number of aromatic amines is 1. The number of pyridine rings is 2. The number of carbonyl (C=O) groups is 1. The van der Waals surface area contributed by atoms with Crippen LogP contribution in [0.3, 0.4) is 0 Å². The van der Waals surface area contributed by atoms with Crippen molar-refractivity contribution in [3.63, 3.8) is 0 Å². The Hall–Kier alpha value is -2.43.